The highest BCUT2D eigenvalue weighted by atomic mass is 19.2. The van der Waals surface area contributed by atoms with Crippen LogP contribution in [0.25, 0.3) is 0 Å². The van der Waals surface area contributed by atoms with Crippen LogP contribution in [0.4, 0.5) is 18.9 Å². The van der Waals surface area contributed by atoms with E-state index in [1.807, 2.05) is 0 Å². The molecule has 0 aliphatic heterocycles. The van der Waals surface area contributed by atoms with Crippen LogP contribution >= 0.6 is 0 Å². The highest BCUT2D eigenvalue weighted by molar-refractivity contribution is 5.46. The third-order valence-corrected chi connectivity index (χ3v) is 2.51. The minimum Gasteiger partial charge on any atom is -0.374 e. The first kappa shape index (κ1) is 12.4. The van der Waals surface area contributed by atoms with Gasteiger partial charge in [-0.1, -0.05) is 6.07 Å². The monoisotopic (exact) mass is 252 g/mol. The number of nitrogens with one attached hydrogen (secondary N) is 1. The number of anilines is 1. The van der Waals surface area contributed by atoms with Crippen molar-refractivity contribution in [2.75, 3.05) is 5.32 Å². The molecule has 1 N–H and O–H groups in total. The molecule has 1 aromatic heterocycles. The minimum atomic E-state index is -1.21. The summed E-state index contributed by atoms with van der Waals surface area (Å²) < 4.78 is 39.2. The SMILES string of the molecule is CC(Nc1cc(F)c(F)cc1F)c1ccccn1. The van der Waals surface area contributed by atoms with E-state index in [0.717, 1.165) is 6.07 Å². The summed E-state index contributed by atoms with van der Waals surface area (Å²) in [6.45, 7) is 1.75. The van der Waals surface area contributed by atoms with Gasteiger partial charge in [0, 0.05) is 18.3 Å². The van der Waals surface area contributed by atoms with Gasteiger partial charge in [-0.15, -0.1) is 0 Å². The summed E-state index contributed by atoms with van der Waals surface area (Å²) in [4.78, 5) is 4.09. The van der Waals surface area contributed by atoms with E-state index in [0.29, 0.717) is 11.8 Å². The number of hydrogen-bond donors (Lipinski definition) is 1. The zero-order chi connectivity index (χ0) is 13.1. The van der Waals surface area contributed by atoms with Gasteiger partial charge in [-0.2, -0.15) is 0 Å². The Kier molecular flexibility index (Phi) is 3.50. The highest BCUT2D eigenvalue weighted by Crippen LogP contribution is 2.22. The molecule has 0 aliphatic rings. The van der Waals surface area contributed by atoms with Crippen molar-refractivity contribution in [1.82, 2.24) is 4.98 Å². The zero-order valence-corrected chi connectivity index (χ0v) is 9.62. The van der Waals surface area contributed by atoms with E-state index in [4.69, 9.17) is 0 Å². The summed E-state index contributed by atoms with van der Waals surface area (Å²) in [7, 11) is 0. The van der Waals surface area contributed by atoms with Crippen molar-refractivity contribution in [2.45, 2.75) is 13.0 Å². The third kappa shape index (κ3) is 2.61. The number of halogens is 3. The second kappa shape index (κ2) is 5.08. The Bertz CT molecular complexity index is 543. The molecule has 1 atom stereocenters. The molecule has 2 rings (SSSR count). The fraction of sp³-hybridized carbons (Fsp3) is 0.154. The van der Waals surface area contributed by atoms with Crippen molar-refractivity contribution in [1.29, 1.82) is 0 Å². The van der Waals surface area contributed by atoms with Crippen molar-refractivity contribution in [3.05, 3.63) is 59.7 Å². The van der Waals surface area contributed by atoms with Gasteiger partial charge in [0.15, 0.2) is 11.6 Å². The van der Waals surface area contributed by atoms with Gasteiger partial charge in [0.1, 0.15) is 5.82 Å². The second-order valence-corrected chi connectivity index (χ2v) is 3.87. The standard InChI is InChI=1S/C13H11F3N2/c1-8(12-4-2-3-5-17-12)18-13-7-10(15)9(14)6-11(13)16/h2-8,18H,1H3. The van der Waals surface area contributed by atoms with Crippen LogP contribution in [0.2, 0.25) is 0 Å². The molecular weight excluding hydrogens is 241 g/mol. The maximum Gasteiger partial charge on any atom is 0.161 e. The van der Waals surface area contributed by atoms with Crippen LogP contribution < -0.4 is 5.32 Å². The number of benzene rings is 1. The van der Waals surface area contributed by atoms with Crippen LogP contribution in [0.3, 0.4) is 0 Å². The molecular formula is C13H11F3N2. The van der Waals surface area contributed by atoms with E-state index in [1.54, 1.807) is 31.3 Å². The van der Waals surface area contributed by atoms with Gasteiger partial charge in [-0.3, -0.25) is 4.98 Å². The number of rotatable bonds is 3. The van der Waals surface area contributed by atoms with Crippen LogP contribution in [-0.4, -0.2) is 4.98 Å². The number of aromatic nitrogens is 1. The summed E-state index contributed by atoms with van der Waals surface area (Å²) in [6, 6.07) is 6.31. The molecule has 0 amide bonds. The van der Waals surface area contributed by atoms with E-state index >= 15 is 0 Å². The van der Waals surface area contributed by atoms with Crippen LogP contribution in [0.1, 0.15) is 18.7 Å². The van der Waals surface area contributed by atoms with Crippen LogP contribution in [0.15, 0.2) is 36.5 Å². The Morgan fingerprint density at radius 1 is 1.06 bits per heavy atom. The maximum absolute atomic E-state index is 13.4. The molecule has 0 bridgehead atoms. The van der Waals surface area contributed by atoms with Gasteiger partial charge in [-0.05, 0) is 19.1 Å². The normalized spacial score (nSPS) is 12.2. The van der Waals surface area contributed by atoms with Crippen LogP contribution in [-0.2, 0) is 0 Å². The van der Waals surface area contributed by atoms with Crippen molar-refractivity contribution in [3.8, 4) is 0 Å². The van der Waals surface area contributed by atoms with Crippen LogP contribution in [0.5, 0.6) is 0 Å². The Morgan fingerprint density at radius 2 is 1.78 bits per heavy atom. The zero-order valence-electron chi connectivity index (χ0n) is 9.62. The molecule has 2 nitrogen and oxygen atoms in total. The molecule has 0 radical (unpaired) electrons. The quantitative estimate of drug-likeness (QED) is 0.843. The van der Waals surface area contributed by atoms with Crippen molar-refractivity contribution in [3.63, 3.8) is 0 Å². The first-order chi connectivity index (χ1) is 8.58. The van der Waals surface area contributed by atoms with Gasteiger partial charge >= 0.3 is 0 Å². The molecule has 1 heterocycles. The Hall–Kier alpha value is -2.04. The second-order valence-electron chi connectivity index (χ2n) is 3.87. The van der Waals surface area contributed by atoms with Crippen molar-refractivity contribution < 1.29 is 13.2 Å². The minimum absolute atomic E-state index is 0.0907. The van der Waals surface area contributed by atoms with Crippen molar-refractivity contribution >= 4 is 5.69 Å². The van der Waals surface area contributed by atoms with E-state index in [-0.39, 0.29) is 11.7 Å². The lowest BCUT2D eigenvalue weighted by Crippen LogP contribution is -2.10. The van der Waals surface area contributed by atoms with E-state index in [2.05, 4.69) is 10.3 Å². The van der Waals surface area contributed by atoms with Crippen molar-refractivity contribution in [2.24, 2.45) is 0 Å². The lowest BCUT2D eigenvalue weighted by molar-refractivity contribution is 0.495. The predicted octanol–water partition coefficient (Wildman–Crippen LogP) is 3.67. The van der Waals surface area contributed by atoms with E-state index in [9.17, 15) is 13.2 Å². The highest BCUT2D eigenvalue weighted by Gasteiger charge is 2.13. The summed E-state index contributed by atoms with van der Waals surface area (Å²) in [5.74, 6) is -3.13. The predicted molar refractivity (Wildman–Crippen MR) is 62.6 cm³/mol. The molecule has 0 saturated heterocycles. The smallest absolute Gasteiger partial charge is 0.161 e. The third-order valence-electron chi connectivity index (χ3n) is 2.51. The average Bonchev–Trinajstić information content (AvgIpc) is 2.37. The fourth-order valence-corrected chi connectivity index (χ4v) is 1.57. The molecule has 2 aromatic rings. The Morgan fingerprint density at radius 3 is 2.44 bits per heavy atom. The molecule has 0 spiro atoms. The molecule has 1 unspecified atom stereocenters. The molecule has 18 heavy (non-hydrogen) atoms. The lowest BCUT2D eigenvalue weighted by Gasteiger charge is -2.15. The van der Waals surface area contributed by atoms with Gasteiger partial charge in [-0.25, -0.2) is 13.2 Å². The summed E-state index contributed by atoms with van der Waals surface area (Å²) in [5.41, 5.74) is 0.591. The first-order valence-corrected chi connectivity index (χ1v) is 5.40. The van der Waals surface area contributed by atoms with Crippen LogP contribution in [0, 0.1) is 17.5 Å². The summed E-state index contributed by atoms with van der Waals surface area (Å²) in [5, 5.41) is 2.75. The van der Waals surface area contributed by atoms with Gasteiger partial charge in [0.2, 0.25) is 0 Å². The number of hydrogen-bond acceptors (Lipinski definition) is 2. The molecule has 94 valence electrons. The maximum atomic E-state index is 13.4. The number of nitrogens with zero attached hydrogens (tertiary/aromatic N) is 1. The summed E-state index contributed by atoms with van der Waals surface area (Å²) in [6.07, 6.45) is 1.61. The molecule has 0 fully saturated rings. The van der Waals surface area contributed by atoms with E-state index in [1.165, 1.54) is 0 Å². The Balaban J connectivity index is 2.22. The van der Waals surface area contributed by atoms with E-state index < -0.39 is 17.5 Å². The molecule has 0 saturated carbocycles. The fourth-order valence-electron chi connectivity index (χ4n) is 1.57. The molecule has 1 aromatic carbocycles. The first-order valence-electron chi connectivity index (χ1n) is 5.40. The van der Waals surface area contributed by atoms with Gasteiger partial charge in [0.25, 0.3) is 0 Å². The van der Waals surface area contributed by atoms with Gasteiger partial charge < -0.3 is 5.32 Å². The topological polar surface area (TPSA) is 24.9 Å². The number of pyridine rings is 1. The molecule has 5 heteroatoms. The largest absolute Gasteiger partial charge is 0.374 e. The molecule has 0 aliphatic carbocycles. The average molecular weight is 252 g/mol. The van der Waals surface area contributed by atoms with Gasteiger partial charge in [0.05, 0.1) is 17.4 Å². The Labute approximate surface area is 102 Å². The lowest BCUT2D eigenvalue weighted by atomic mass is 10.2. The summed E-state index contributed by atoms with van der Waals surface area (Å²) >= 11 is 0.